The second-order valence-corrected chi connectivity index (χ2v) is 5.99. The molecule has 1 aromatic heterocycles. The summed E-state index contributed by atoms with van der Waals surface area (Å²) in [6.07, 6.45) is 5.53. The summed E-state index contributed by atoms with van der Waals surface area (Å²) in [7, 11) is 0. The lowest BCUT2D eigenvalue weighted by Gasteiger charge is -2.10. The van der Waals surface area contributed by atoms with Crippen LogP contribution < -0.4 is 5.32 Å². The zero-order valence-electron chi connectivity index (χ0n) is 9.03. The van der Waals surface area contributed by atoms with E-state index in [-0.39, 0.29) is 0 Å². The Morgan fingerprint density at radius 2 is 2.27 bits per heavy atom. The molecule has 15 heavy (non-hydrogen) atoms. The van der Waals surface area contributed by atoms with Crippen LogP contribution in [0.1, 0.15) is 31.5 Å². The number of aryl methyl sites for hydroxylation is 1. The minimum absolute atomic E-state index is 0.779. The van der Waals surface area contributed by atoms with E-state index < -0.39 is 0 Å². The molecule has 5 heteroatoms. The largest absolute Gasteiger partial charge is 0.313 e. The Morgan fingerprint density at radius 1 is 1.47 bits per heavy atom. The molecule has 0 spiro atoms. The van der Waals surface area contributed by atoms with E-state index in [2.05, 4.69) is 14.7 Å². The third-order valence-electron chi connectivity index (χ3n) is 2.62. The van der Waals surface area contributed by atoms with Gasteiger partial charge in [-0.15, -0.1) is 0 Å². The molecule has 1 aliphatic rings. The molecular weight excluding hydrogens is 226 g/mol. The Balaban J connectivity index is 1.58. The van der Waals surface area contributed by atoms with E-state index in [1.54, 1.807) is 0 Å². The molecule has 3 nitrogen and oxygen atoms in total. The highest BCUT2D eigenvalue weighted by atomic mass is 32.2. The molecule has 0 bridgehead atoms. The van der Waals surface area contributed by atoms with Crippen molar-refractivity contribution in [2.45, 2.75) is 43.0 Å². The van der Waals surface area contributed by atoms with Crippen molar-refractivity contribution in [1.82, 2.24) is 14.7 Å². The van der Waals surface area contributed by atoms with Crippen LogP contribution in [0.15, 0.2) is 4.34 Å². The van der Waals surface area contributed by atoms with Gasteiger partial charge in [-0.05, 0) is 31.3 Å². The molecular formula is C10H17N3S2. The monoisotopic (exact) mass is 243 g/mol. The fourth-order valence-corrected chi connectivity index (χ4v) is 3.46. The molecule has 0 saturated heterocycles. The number of rotatable bonds is 5. The summed E-state index contributed by atoms with van der Waals surface area (Å²) in [4.78, 5) is 4.32. The van der Waals surface area contributed by atoms with Gasteiger partial charge in [0.25, 0.3) is 0 Å². The fourth-order valence-electron chi connectivity index (χ4n) is 1.87. The molecule has 2 rings (SSSR count). The van der Waals surface area contributed by atoms with E-state index in [9.17, 15) is 0 Å². The number of hydrogen-bond donors (Lipinski definition) is 1. The molecule has 0 aromatic carbocycles. The molecule has 1 N–H and O–H groups in total. The summed E-state index contributed by atoms with van der Waals surface area (Å²) >= 11 is 3.31. The predicted octanol–water partition coefficient (Wildman–Crippen LogP) is 2.47. The number of nitrogens with one attached hydrogen (secondary N) is 1. The summed E-state index contributed by atoms with van der Waals surface area (Å²) in [5, 5.41) is 3.59. The minimum Gasteiger partial charge on any atom is -0.313 e. The van der Waals surface area contributed by atoms with Gasteiger partial charge in [0.1, 0.15) is 5.82 Å². The summed E-state index contributed by atoms with van der Waals surface area (Å²) in [5.41, 5.74) is 0. The number of hydrogen-bond acceptors (Lipinski definition) is 5. The van der Waals surface area contributed by atoms with Gasteiger partial charge in [-0.1, -0.05) is 24.6 Å². The van der Waals surface area contributed by atoms with Crippen molar-refractivity contribution < 1.29 is 0 Å². The first-order valence-electron chi connectivity index (χ1n) is 5.51. The van der Waals surface area contributed by atoms with Gasteiger partial charge < -0.3 is 5.32 Å². The second kappa shape index (κ2) is 5.82. The van der Waals surface area contributed by atoms with Crippen LogP contribution in [0.4, 0.5) is 0 Å². The highest BCUT2D eigenvalue weighted by Gasteiger charge is 2.13. The average Bonchev–Trinajstić information content (AvgIpc) is 2.84. The first-order valence-corrected chi connectivity index (χ1v) is 7.27. The summed E-state index contributed by atoms with van der Waals surface area (Å²) in [6, 6.07) is 0.779. The van der Waals surface area contributed by atoms with Crippen molar-refractivity contribution in [1.29, 1.82) is 0 Å². The lowest BCUT2D eigenvalue weighted by Crippen LogP contribution is -2.27. The zero-order chi connectivity index (χ0) is 10.5. The van der Waals surface area contributed by atoms with E-state index >= 15 is 0 Å². The van der Waals surface area contributed by atoms with Crippen molar-refractivity contribution in [3.63, 3.8) is 0 Å². The number of aromatic nitrogens is 2. The highest BCUT2D eigenvalue weighted by Crippen LogP contribution is 2.20. The van der Waals surface area contributed by atoms with Crippen LogP contribution in [-0.4, -0.2) is 27.7 Å². The molecule has 0 atom stereocenters. The maximum absolute atomic E-state index is 4.32. The summed E-state index contributed by atoms with van der Waals surface area (Å²) in [5.74, 6) is 2.00. The Labute approximate surface area is 99.2 Å². The zero-order valence-corrected chi connectivity index (χ0v) is 10.7. The first kappa shape index (κ1) is 11.4. The van der Waals surface area contributed by atoms with Crippen LogP contribution >= 0.6 is 23.3 Å². The molecule has 0 unspecified atom stereocenters. The van der Waals surface area contributed by atoms with Gasteiger partial charge in [0.2, 0.25) is 0 Å². The molecule has 1 aliphatic carbocycles. The fraction of sp³-hybridized carbons (Fsp3) is 0.800. The van der Waals surface area contributed by atoms with Gasteiger partial charge in [-0.3, -0.25) is 0 Å². The predicted molar refractivity (Wildman–Crippen MR) is 65.6 cm³/mol. The van der Waals surface area contributed by atoms with Crippen molar-refractivity contribution >= 4 is 23.3 Å². The highest BCUT2D eigenvalue weighted by molar-refractivity contribution is 8.00. The molecule has 84 valence electrons. The quantitative estimate of drug-likeness (QED) is 0.637. The standard InChI is InChI=1S/C10H17N3S2/c1-8-12-10(15-13-8)14-7-6-11-9-4-2-3-5-9/h9,11H,2-7H2,1H3. The van der Waals surface area contributed by atoms with E-state index in [4.69, 9.17) is 0 Å². The van der Waals surface area contributed by atoms with E-state index in [1.807, 2.05) is 18.7 Å². The Morgan fingerprint density at radius 3 is 2.93 bits per heavy atom. The second-order valence-electron chi connectivity index (χ2n) is 3.89. The Bertz CT molecular complexity index is 295. The van der Waals surface area contributed by atoms with Crippen LogP contribution in [0.5, 0.6) is 0 Å². The van der Waals surface area contributed by atoms with Crippen molar-refractivity contribution in [2.75, 3.05) is 12.3 Å². The van der Waals surface area contributed by atoms with E-state index in [0.717, 1.165) is 28.5 Å². The number of thioether (sulfide) groups is 1. The van der Waals surface area contributed by atoms with Crippen LogP contribution in [0, 0.1) is 6.92 Å². The van der Waals surface area contributed by atoms with E-state index in [0.29, 0.717) is 0 Å². The Hall–Kier alpha value is -0.130. The molecule has 1 heterocycles. The van der Waals surface area contributed by atoms with E-state index in [1.165, 1.54) is 37.2 Å². The van der Waals surface area contributed by atoms with Crippen molar-refractivity contribution in [3.05, 3.63) is 5.82 Å². The molecule has 0 amide bonds. The molecule has 0 aliphatic heterocycles. The lowest BCUT2D eigenvalue weighted by molar-refractivity contribution is 0.545. The van der Waals surface area contributed by atoms with Gasteiger partial charge in [-0.25, -0.2) is 4.98 Å². The third kappa shape index (κ3) is 3.74. The van der Waals surface area contributed by atoms with Gasteiger partial charge in [0, 0.05) is 18.3 Å². The van der Waals surface area contributed by atoms with Crippen molar-refractivity contribution in [3.8, 4) is 0 Å². The Kier molecular flexibility index (Phi) is 4.41. The maximum Gasteiger partial charge on any atom is 0.170 e. The average molecular weight is 243 g/mol. The SMILES string of the molecule is Cc1nsc(SCCNC2CCCC2)n1. The van der Waals surface area contributed by atoms with Crippen LogP contribution in [-0.2, 0) is 0 Å². The van der Waals surface area contributed by atoms with Gasteiger partial charge >= 0.3 is 0 Å². The third-order valence-corrected chi connectivity index (χ3v) is 4.55. The molecule has 1 saturated carbocycles. The molecule has 1 aromatic rings. The lowest BCUT2D eigenvalue weighted by atomic mass is 10.2. The van der Waals surface area contributed by atoms with Crippen LogP contribution in [0.3, 0.4) is 0 Å². The topological polar surface area (TPSA) is 37.8 Å². The van der Waals surface area contributed by atoms with Crippen LogP contribution in [0.25, 0.3) is 0 Å². The molecule has 1 fully saturated rings. The molecule has 0 radical (unpaired) electrons. The minimum atomic E-state index is 0.779. The summed E-state index contributed by atoms with van der Waals surface area (Å²) < 4.78 is 5.26. The van der Waals surface area contributed by atoms with Gasteiger partial charge in [-0.2, -0.15) is 4.37 Å². The smallest absolute Gasteiger partial charge is 0.170 e. The number of nitrogens with zero attached hydrogens (tertiary/aromatic N) is 2. The van der Waals surface area contributed by atoms with Crippen LogP contribution in [0.2, 0.25) is 0 Å². The summed E-state index contributed by atoms with van der Waals surface area (Å²) in [6.45, 7) is 3.03. The van der Waals surface area contributed by atoms with Gasteiger partial charge in [0.15, 0.2) is 4.34 Å². The first-order chi connectivity index (χ1) is 7.34. The normalized spacial score (nSPS) is 17.4. The maximum atomic E-state index is 4.32. The van der Waals surface area contributed by atoms with Crippen molar-refractivity contribution in [2.24, 2.45) is 0 Å². The van der Waals surface area contributed by atoms with Gasteiger partial charge in [0.05, 0.1) is 0 Å².